The zero-order valence-corrected chi connectivity index (χ0v) is 8.90. The summed E-state index contributed by atoms with van der Waals surface area (Å²) in [5.41, 5.74) is 1.11. The third-order valence-electron chi connectivity index (χ3n) is 2.28. The van der Waals surface area contributed by atoms with Gasteiger partial charge in [-0.3, -0.25) is 0 Å². The molecule has 0 fully saturated rings. The second-order valence-corrected chi connectivity index (χ2v) is 3.71. The Labute approximate surface area is 86.0 Å². The Balaban J connectivity index is 2.37. The lowest BCUT2D eigenvalue weighted by molar-refractivity contribution is 0.156. The number of anilines is 1. The molecule has 1 aromatic carbocycles. The highest BCUT2D eigenvalue weighted by molar-refractivity contribution is 5.43. The van der Waals surface area contributed by atoms with Crippen LogP contribution in [-0.4, -0.2) is 17.3 Å². The van der Waals surface area contributed by atoms with E-state index in [1.165, 1.54) is 0 Å². The summed E-state index contributed by atoms with van der Waals surface area (Å²) in [5.74, 6) is 0. The fourth-order valence-electron chi connectivity index (χ4n) is 1.45. The molecule has 78 valence electrons. The Morgan fingerprint density at radius 3 is 2.50 bits per heavy atom. The van der Waals surface area contributed by atoms with Gasteiger partial charge in [-0.1, -0.05) is 25.1 Å². The van der Waals surface area contributed by atoms with Crippen molar-refractivity contribution < 1.29 is 5.11 Å². The first-order chi connectivity index (χ1) is 6.72. The summed E-state index contributed by atoms with van der Waals surface area (Å²) in [6.07, 6.45) is 1.42. The van der Waals surface area contributed by atoms with E-state index in [1.54, 1.807) is 0 Å². The van der Waals surface area contributed by atoms with E-state index in [4.69, 9.17) is 0 Å². The van der Waals surface area contributed by atoms with Gasteiger partial charge in [0.25, 0.3) is 0 Å². The minimum absolute atomic E-state index is 0.193. The molecule has 0 radical (unpaired) electrons. The van der Waals surface area contributed by atoms with Gasteiger partial charge in [0.15, 0.2) is 0 Å². The van der Waals surface area contributed by atoms with E-state index in [2.05, 4.69) is 12.2 Å². The molecular weight excluding hydrogens is 174 g/mol. The van der Waals surface area contributed by atoms with Crippen LogP contribution in [0.1, 0.15) is 26.7 Å². The van der Waals surface area contributed by atoms with Crippen molar-refractivity contribution in [1.29, 1.82) is 0 Å². The third kappa shape index (κ3) is 3.79. The first kappa shape index (κ1) is 11.1. The molecule has 2 N–H and O–H groups in total. The summed E-state index contributed by atoms with van der Waals surface area (Å²) >= 11 is 0. The molecule has 2 heteroatoms. The summed E-state index contributed by atoms with van der Waals surface area (Å²) in [6, 6.07) is 10.4. The fraction of sp³-hybridized carbons (Fsp3) is 0.500. The number of hydrogen-bond acceptors (Lipinski definition) is 2. The van der Waals surface area contributed by atoms with Crippen LogP contribution in [0, 0.1) is 0 Å². The average Bonchev–Trinajstić information content (AvgIpc) is 2.19. The molecule has 0 aliphatic heterocycles. The predicted octanol–water partition coefficient (Wildman–Crippen LogP) is 2.65. The quantitative estimate of drug-likeness (QED) is 0.753. The minimum Gasteiger partial charge on any atom is -0.393 e. The second kappa shape index (κ2) is 5.66. The van der Waals surface area contributed by atoms with Gasteiger partial charge in [0, 0.05) is 11.7 Å². The van der Waals surface area contributed by atoms with Crippen LogP contribution in [0.4, 0.5) is 5.69 Å². The van der Waals surface area contributed by atoms with Gasteiger partial charge < -0.3 is 10.4 Å². The van der Waals surface area contributed by atoms with Crippen molar-refractivity contribution in [3.05, 3.63) is 30.3 Å². The van der Waals surface area contributed by atoms with Crippen molar-refractivity contribution >= 4 is 5.69 Å². The maximum atomic E-state index is 9.47. The lowest BCUT2D eigenvalue weighted by Gasteiger charge is -2.17. The summed E-state index contributed by atoms with van der Waals surface area (Å²) in [7, 11) is 0. The summed E-state index contributed by atoms with van der Waals surface area (Å²) in [4.78, 5) is 0. The summed E-state index contributed by atoms with van der Waals surface area (Å²) < 4.78 is 0. The monoisotopic (exact) mass is 193 g/mol. The molecule has 0 aliphatic rings. The molecule has 0 saturated carbocycles. The second-order valence-electron chi connectivity index (χ2n) is 3.71. The number of hydrogen-bond donors (Lipinski definition) is 2. The average molecular weight is 193 g/mol. The Bertz CT molecular complexity index is 248. The first-order valence-corrected chi connectivity index (χ1v) is 5.22. The van der Waals surface area contributed by atoms with Gasteiger partial charge >= 0.3 is 0 Å². The van der Waals surface area contributed by atoms with Gasteiger partial charge in [0.2, 0.25) is 0 Å². The van der Waals surface area contributed by atoms with Crippen molar-refractivity contribution in [2.24, 2.45) is 0 Å². The van der Waals surface area contributed by atoms with E-state index in [0.717, 1.165) is 18.5 Å². The van der Waals surface area contributed by atoms with Crippen LogP contribution in [0.3, 0.4) is 0 Å². The molecule has 0 saturated heterocycles. The molecule has 1 aromatic rings. The van der Waals surface area contributed by atoms with Crippen molar-refractivity contribution in [2.45, 2.75) is 38.8 Å². The number of para-hydroxylation sites is 1. The zero-order valence-electron chi connectivity index (χ0n) is 8.90. The van der Waals surface area contributed by atoms with Gasteiger partial charge in [-0.05, 0) is 31.9 Å². The van der Waals surface area contributed by atoms with Gasteiger partial charge in [-0.15, -0.1) is 0 Å². The molecule has 0 amide bonds. The number of benzene rings is 1. The Kier molecular flexibility index (Phi) is 4.47. The fourth-order valence-corrected chi connectivity index (χ4v) is 1.45. The van der Waals surface area contributed by atoms with Gasteiger partial charge in [-0.2, -0.15) is 0 Å². The van der Waals surface area contributed by atoms with Gasteiger partial charge in [-0.25, -0.2) is 0 Å². The number of aliphatic hydroxyl groups is 1. The Morgan fingerprint density at radius 2 is 1.93 bits per heavy atom. The van der Waals surface area contributed by atoms with E-state index in [9.17, 15) is 5.11 Å². The van der Waals surface area contributed by atoms with E-state index in [-0.39, 0.29) is 6.10 Å². The normalized spacial score (nSPS) is 14.8. The van der Waals surface area contributed by atoms with Crippen LogP contribution in [0.5, 0.6) is 0 Å². The molecule has 2 atom stereocenters. The van der Waals surface area contributed by atoms with Crippen molar-refractivity contribution in [1.82, 2.24) is 0 Å². The summed E-state index contributed by atoms with van der Waals surface area (Å²) in [5, 5.41) is 12.8. The van der Waals surface area contributed by atoms with Gasteiger partial charge in [0.1, 0.15) is 0 Å². The molecule has 0 bridgehead atoms. The molecule has 0 spiro atoms. The lowest BCUT2D eigenvalue weighted by Crippen LogP contribution is -2.21. The lowest BCUT2D eigenvalue weighted by atomic mass is 10.1. The zero-order chi connectivity index (χ0) is 10.4. The maximum Gasteiger partial charge on any atom is 0.0557 e. The SMILES string of the molecule is CC[C@@H](O)C[C@H](C)Nc1ccccc1. The third-order valence-corrected chi connectivity index (χ3v) is 2.28. The van der Waals surface area contributed by atoms with E-state index < -0.39 is 0 Å². The minimum atomic E-state index is -0.193. The van der Waals surface area contributed by atoms with Crippen LogP contribution in [0.25, 0.3) is 0 Å². The molecule has 0 unspecified atom stereocenters. The van der Waals surface area contributed by atoms with E-state index >= 15 is 0 Å². The molecule has 14 heavy (non-hydrogen) atoms. The Hall–Kier alpha value is -1.02. The molecular formula is C12H19NO. The van der Waals surface area contributed by atoms with Crippen LogP contribution >= 0.6 is 0 Å². The van der Waals surface area contributed by atoms with E-state index in [0.29, 0.717) is 6.04 Å². The van der Waals surface area contributed by atoms with Crippen LogP contribution in [-0.2, 0) is 0 Å². The number of nitrogens with one attached hydrogen (secondary N) is 1. The molecule has 2 nitrogen and oxygen atoms in total. The summed E-state index contributed by atoms with van der Waals surface area (Å²) in [6.45, 7) is 4.09. The highest BCUT2D eigenvalue weighted by Crippen LogP contribution is 2.10. The van der Waals surface area contributed by atoms with Crippen LogP contribution < -0.4 is 5.32 Å². The maximum absolute atomic E-state index is 9.47. The molecule has 0 aliphatic carbocycles. The Morgan fingerprint density at radius 1 is 1.29 bits per heavy atom. The highest BCUT2D eigenvalue weighted by atomic mass is 16.3. The molecule has 0 heterocycles. The van der Waals surface area contributed by atoms with E-state index in [1.807, 2.05) is 37.3 Å². The number of aliphatic hydroxyl groups excluding tert-OH is 1. The molecule has 0 aromatic heterocycles. The topological polar surface area (TPSA) is 32.3 Å². The standard InChI is InChI=1S/C12H19NO/c1-3-12(14)9-10(2)13-11-7-5-4-6-8-11/h4-8,10,12-14H,3,9H2,1-2H3/t10-,12+/m0/s1. The van der Waals surface area contributed by atoms with Crippen LogP contribution in [0.15, 0.2) is 30.3 Å². The first-order valence-electron chi connectivity index (χ1n) is 5.22. The van der Waals surface area contributed by atoms with Crippen molar-refractivity contribution in [3.63, 3.8) is 0 Å². The molecule has 1 rings (SSSR count). The smallest absolute Gasteiger partial charge is 0.0557 e. The highest BCUT2D eigenvalue weighted by Gasteiger charge is 2.07. The van der Waals surface area contributed by atoms with Crippen molar-refractivity contribution in [3.8, 4) is 0 Å². The van der Waals surface area contributed by atoms with Crippen LogP contribution in [0.2, 0.25) is 0 Å². The largest absolute Gasteiger partial charge is 0.393 e. The predicted molar refractivity (Wildman–Crippen MR) is 60.4 cm³/mol. The van der Waals surface area contributed by atoms with Crippen molar-refractivity contribution in [2.75, 3.05) is 5.32 Å². The van der Waals surface area contributed by atoms with Gasteiger partial charge in [0.05, 0.1) is 6.10 Å². The number of rotatable bonds is 5.